The number of hydrogen-bond acceptors (Lipinski definition) is 7. The van der Waals surface area contributed by atoms with Gasteiger partial charge in [-0.25, -0.2) is 17.5 Å². The van der Waals surface area contributed by atoms with Gasteiger partial charge in [0.2, 0.25) is 15.9 Å². The first-order chi connectivity index (χ1) is 19.6. The van der Waals surface area contributed by atoms with E-state index in [9.17, 15) is 18.0 Å². The van der Waals surface area contributed by atoms with E-state index in [1.807, 2.05) is 45.0 Å². The van der Waals surface area contributed by atoms with E-state index >= 15 is 0 Å². The highest BCUT2D eigenvalue weighted by Gasteiger charge is 2.29. The summed E-state index contributed by atoms with van der Waals surface area (Å²) in [5.41, 5.74) is 2.46. The van der Waals surface area contributed by atoms with Crippen LogP contribution in [0.2, 0.25) is 0 Å². The molecule has 0 atom stereocenters. The minimum atomic E-state index is -3.66. The lowest BCUT2D eigenvalue weighted by molar-refractivity contribution is -0.130. The third-order valence-corrected chi connectivity index (χ3v) is 9.13. The summed E-state index contributed by atoms with van der Waals surface area (Å²) in [6.07, 6.45) is 1.05. The van der Waals surface area contributed by atoms with Crippen LogP contribution in [0.25, 0.3) is 0 Å². The van der Waals surface area contributed by atoms with Gasteiger partial charge in [-0.15, -0.1) is 0 Å². The van der Waals surface area contributed by atoms with Crippen LogP contribution in [-0.2, 0) is 26.1 Å². The highest BCUT2D eigenvalue weighted by molar-refractivity contribution is 7.89. The van der Waals surface area contributed by atoms with Gasteiger partial charge < -0.3 is 14.4 Å². The summed E-state index contributed by atoms with van der Waals surface area (Å²) in [4.78, 5) is 33.4. The minimum Gasteiger partial charge on any atom is -0.497 e. The molecule has 0 radical (unpaired) electrons. The van der Waals surface area contributed by atoms with Crippen molar-refractivity contribution in [3.8, 4) is 5.75 Å². The maximum atomic E-state index is 13.2. The number of aryl methyl sites for hydroxylation is 2. The molecule has 11 heteroatoms. The molecule has 230 valence electrons. The van der Waals surface area contributed by atoms with Gasteiger partial charge in [0.1, 0.15) is 17.2 Å². The fourth-order valence-corrected chi connectivity index (χ4v) is 6.44. The zero-order chi connectivity index (χ0) is 31.2. The van der Waals surface area contributed by atoms with E-state index in [1.54, 1.807) is 57.0 Å². The number of ether oxygens (including phenoxy) is 2. The number of carbonyl (C=O) groups is 2. The number of nitrogens with zero attached hydrogens (tertiary/aromatic N) is 4. The molecule has 0 saturated carbocycles. The number of unbranched alkanes of at least 4 members (excludes halogenated alkanes) is 1. The van der Waals surface area contributed by atoms with E-state index in [4.69, 9.17) is 9.47 Å². The number of hydrogen-bond donors (Lipinski definition) is 0. The second-order valence-corrected chi connectivity index (χ2v) is 13.6. The second kappa shape index (κ2) is 13.7. The maximum Gasteiger partial charge on any atom is 0.416 e. The monoisotopic (exact) mass is 600 g/mol. The lowest BCUT2D eigenvalue weighted by Crippen LogP contribution is -2.39. The smallest absolute Gasteiger partial charge is 0.416 e. The van der Waals surface area contributed by atoms with Gasteiger partial charge >= 0.3 is 6.09 Å². The van der Waals surface area contributed by atoms with Crippen LogP contribution in [0, 0.1) is 13.8 Å². The van der Waals surface area contributed by atoms with Crippen molar-refractivity contribution in [1.82, 2.24) is 14.1 Å². The predicted molar refractivity (Wildman–Crippen MR) is 163 cm³/mol. The molecule has 42 heavy (non-hydrogen) atoms. The number of amidine groups is 1. The molecule has 0 saturated heterocycles. The van der Waals surface area contributed by atoms with E-state index in [-0.39, 0.29) is 5.91 Å². The lowest BCUT2D eigenvalue weighted by Gasteiger charge is -2.25. The van der Waals surface area contributed by atoms with E-state index in [0.29, 0.717) is 73.0 Å². The zero-order valence-corrected chi connectivity index (χ0v) is 26.9. The number of methoxy groups -OCH3 is 1. The molecule has 1 heterocycles. The maximum absolute atomic E-state index is 13.2. The van der Waals surface area contributed by atoms with Crippen molar-refractivity contribution >= 4 is 27.9 Å². The fraction of sp³-hybridized carbons (Fsp3) is 0.516. The summed E-state index contributed by atoms with van der Waals surface area (Å²) in [6.45, 7) is 10.8. The number of carbonyl (C=O) groups excluding carboxylic acids is 2. The van der Waals surface area contributed by atoms with Crippen LogP contribution in [0.15, 0.2) is 46.3 Å². The Morgan fingerprint density at radius 2 is 1.64 bits per heavy atom. The molecule has 2 amide bonds. The van der Waals surface area contributed by atoms with Gasteiger partial charge in [0.15, 0.2) is 0 Å². The van der Waals surface area contributed by atoms with Crippen LogP contribution in [0.4, 0.5) is 4.79 Å². The van der Waals surface area contributed by atoms with Gasteiger partial charge in [-0.3, -0.25) is 14.7 Å². The minimum absolute atomic E-state index is 0.0114. The average Bonchev–Trinajstić information content (AvgIpc) is 3.40. The number of sulfonamides is 1. The zero-order valence-electron chi connectivity index (χ0n) is 26.1. The Morgan fingerprint density at radius 3 is 2.21 bits per heavy atom. The summed E-state index contributed by atoms with van der Waals surface area (Å²) in [5.74, 6) is 1.20. The fourth-order valence-electron chi connectivity index (χ4n) is 4.82. The van der Waals surface area contributed by atoms with Crippen molar-refractivity contribution in [2.24, 2.45) is 4.99 Å². The summed E-state index contributed by atoms with van der Waals surface area (Å²) >= 11 is 0. The SMILES string of the molecule is COc1cc(C)c(S(=O)(=O)N(C)CCCCC(=O)N(C)Cc2ccc(C3=NCCN3C(=O)OC(C)(C)C)cc2)c(C)c1. The van der Waals surface area contributed by atoms with E-state index in [2.05, 4.69) is 4.99 Å². The second-order valence-electron chi connectivity index (χ2n) is 11.7. The van der Waals surface area contributed by atoms with Crippen LogP contribution in [0.5, 0.6) is 5.75 Å². The number of aliphatic imine (C=N–C) groups is 1. The third-order valence-electron chi connectivity index (χ3n) is 6.96. The van der Waals surface area contributed by atoms with Gasteiger partial charge in [-0.1, -0.05) is 24.3 Å². The number of amides is 2. The van der Waals surface area contributed by atoms with Crippen molar-refractivity contribution in [1.29, 1.82) is 0 Å². The molecule has 0 spiro atoms. The topological polar surface area (TPSA) is 109 Å². The van der Waals surface area contributed by atoms with Crippen LogP contribution < -0.4 is 4.74 Å². The van der Waals surface area contributed by atoms with Crippen LogP contribution in [0.3, 0.4) is 0 Å². The summed E-state index contributed by atoms with van der Waals surface area (Å²) in [7, 11) is 1.22. The van der Waals surface area contributed by atoms with Crippen molar-refractivity contribution in [3.05, 3.63) is 58.7 Å². The molecule has 2 aromatic carbocycles. The van der Waals surface area contributed by atoms with Gasteiger partial charge in [0.25, 0.3) is 0 Å². The molecule has 10 nitrogen and oxygen atoms in total. The molecule has 1 aliphatic heterocycles. The number of benzene rings is 2. The first kappa shape index (κ1) is 33.1. The average molecular weight is 601 g/mol. The lowest BCUT2D eigenvalue weighted by atomic mass is 10.1. The van der Waals surface area contributed by atoms with Gasteiger partial charge in [-0.05, 0) is 76.3 Å². The Morgan fingerprint density at radius 1 is 1.02 bits per heavy atom. The van der Waals surface area contributed by atoms with Crippen LogP contribution >= 0.6 is 0 Å². The third kappa shape index (κ3) is 8.32. The Hall–Kier alpha value is -3.44. The number of rotatable bonds is 11. The first-order valence-electron chi connectivity index (χ1n) is 14.1. The Bertz CT molecular complexity index is 1390. The summed E-state index contributed by atoms with van der Waals surface area (Å²) in [6, 6.07) is 11.1. The highest BCUT2D eigenvalue weighted by atomic mass is 32.2. The molecule has 2 aromatic rings. The van der Waals surface area contributed by atoms with Crippen molar-refractivity contribution in [3.63, 3.8) is 0 Å². The normalized spacial score (nSPS) is 13.7. The quantitative estimate of drug-likeness (QED) is 0.344. The molecule has 0 aliphatic carbocycles. The molecule has 0 unspecified atom stereocenters. The van der Waals surface area contributed by atoms with Gasteiger partial charge in [0, 0.05) is 39.2 Å². The molecule has 0 bridgehead atoms. The highest BCUT2D eigenvalue weighted by Crippen LogP contribution is 2.28. The van der Waals surface area contributed by atoms with Gasteiger partial charge in [0.05, 0.1) is 25.1 Å². The molecule has 0 N–H and O–H groups in total. The molecule has 1 aliphatic rings. The first-order valence-corrected chi connectivity index (χ1v) is 15.6. The Kier molecular flexibility index (Phi) is 10.8. The van der Waals surface area contributed by atoms with Crippen molar-refractivity contribution in [2.75, 3.05) is 40.8 Å². The van der Waals surface area contributed by atoms with Crippen molar-refractivity contribution < 1.29 is 27.5 Å². The van der Waals surface area contributed by atoms with E-state index < -0.39 is 21.7 Å². The molecule has 0 fully saturated rings. The van der Waals surface area contributed by atoms with Crippen molar-refractivity contribution in [2.45, 2.75) is 70.9 Å². The van der Waals surface area contributed by atoms with Crippen LogP contribution in [0.1, 0.15) is 62.3 Å². The van der Waals surface area contributed by atoms with Gasteiger partial charge in [-0.2, -0.15) is 0 Å². The predicted octanol–water partition coefficient (Wildman–Crippen LogP) is 4.76. The van der Waals surface area contributed by atoms with Crippen LogP contribution in [-0.4, -0.2) is 86.8 Å². The Balaban J connectivity index is 1.49. The standard InChI is InChI=1S/C31H44N4O6S/c1-22-19-26(40-8)20-23(2)28(22)42(38,39)34(7)17-10-9-11-27(36)33(6)21-24-12-14-25(15-13-24)29-32-16-18-35(29)30(37)41-31(3,4)5/h12-15,19-20H,9-11,16-18,21H2,1-8H3. The molecular weight excluding hydrogens is 556 g/mol. The molecule has 3 rings (SSSR count). The van der Waals surface area contributed by atoms with E-state index in [0.717, 1.165) is 11.1 Å². The largest absolute Gasteiger partial charge is 0.497 e. The molecular formula is C31H44N4O6S. The Labute approximate surface area is 250 Å². The summed E-state index contributed by atoms with van der Waals surface area (Å²) in [5, 5.41) is 0. The summed E-state index contributed by atoms with van der Waals surface area (Å²) < 4.78 is 38.5. The van der Waals surface area contributed by atoms with E-state index in [1.165, 1.54) is 4.31 Å². The molecule has 0 aromatic heterocycles.